The summed E-state index contributed by atoms with van der Waals surface area (Å²) >= 11 is 7.18. The van der Waals surface area contributed by atoms with Crippen LogP contribution in [-0.2, 0) is 14.6 Å². The minimum Gasteiger partial charge on any atom is -0.494 e. The summed E-state index contributed by atoms with van der Waals surface area (Å²) in [5.74, 6) is -0.454. The van der Waals surface area contributed by atoms with Crippen molar-refractivity contribution >= 4 is 66.4 Å². The largest absolute Gasteiger partial charge is 0.494 e. The van der Waals surface area contributed by atoms with E-state index >= 15 is 0 Å². The highest BCUT2D eigenvalue weighted by Crippen LogP contribution is 2.32. The first-order valence-electron chi connectivity index (χ1n) is 9.66. The first kappa shape index (κ1) is 26.3. The van der Waals surface area contributed by atoms with Crippen molar-refractivity contribution in [1.29, 1.82) is 0 Å². The number of nitrogens with zero attached hydrogens (tertiary/aromatic N) is 3. The van der Waals surface area contributed by atoms with Crippen LogP contribution in [0.3, 0.4) is 0 Å². The lowest BCUT2D eigenvalue weighted by Crippen LogP contribution is -2.40. The van der Waals surface area contributed by atoms with E-state index in [0.29, 0.717) is 29.9 Å². The Bertz CT molecular complexity index is 1170. The molecule has 32 heavy (non-hydrogen) atoms. The van der Waals surface area contributed by atoms with E-state index in [9.17, 15) is 13.2 Å². The monoisotopic (exact) mass is 517 g/mol. The van der Waals surface area contributed by atoms with E-state index in [4.69, 9.17) is 16.3 Å². The standard InChI is InChI=1S/C21H24ClN3O4S2.ClH/c1-4-29-16-7-10-18-19(13-16)30-21(23-18)25(12-11-24(2)3)20(26)14-31(27,28)17-8-5-15(22)6-9-17;/h5-10,13H,4,11-12,14H2,1-3H3;1H. The van der Waals surface area contributed by atoms with Crippen LogP contribution in [0.2, 0.25) is 5.02 Å². The number of aromatic nitrogens is 1. The smallest absolute Gasteiger partial charge is 0.244 e. The number of thiazole rings is 1. The zero-order chi connectivity index (χ0) is 22.6. The van der Waals surface area contributed by atoms with E-state index < -0.39 is 21.5 Å². The number of likely N-dealkylation sites (N-methyl/N-ethyl adjacent to an activating group) is 1. The molecule has 0 aliphatic rings. The van der Waals surface area contributed by atoms with Crippen molar-refractivity contribution in [2.75, 3.05) is 44.4 Å². The average Bonchev–Trinajstić information content (AvgIpc) is 3.11. The number of hydrogen-bond acceptors (Lipinski definition) is 7. The number of amides is 1. The molecule has 0 spiro atoms. The lowest BCUT2D eigenvalue weighted by Gasteiger charge is -2.22. The van der Waals surface area contributed by atoms with E-state index in [1.807, 2.05) is 44.1 Å². The number of carbonyl (C=O) groups excluding carboxylic acids is 1. The molecule has 1 amide bonds. The van der Waals surface area contributed by atoms with Crippen LogP contribution in [0.15, 0.2) is 47.4 Å². The molecule has 11 heteroatoms. The Morgan fingerprint density at radius 2 is 1.81 bits per heavy atom. The molecule has 0 saturated heterocycles. The summed E-state index contributed by atoms with van der Waals surface area (Å²) in [6.07, 6.45) is 0. The van der Waals surface area contributed by atoms with Crippen LogP contribution in [0, 0.1) is 0 Å². The third-order valence-electron chi connectivity index (χ3n) is 4.45. The molecule has 1 aromatic heterocycles. The maximum Gasteiger partial charge on any atom is 0.244 e. The van der Waals surface area contributed by atoms with Crippen molar-refractivity contribution in [2.24, 2.45) is 0 Å². The third kappa shape index (κ3) is 6.55. The van der Waals surface area contributed by atoms with Crippen molar-refractivity contribution in [3.05, 3.63) is 47.5 Å². The number of rotatable bonds is 9. The second kappa shape index (κ2) is 11.3. The van der Waals surface area contributed by atoms with E-state index in [1.54, 1.807) is 0 Å². The van der Waals surface area contributed by atoms with E-state index in [-0.39, 0.29) is 17.3 Å². The van der Waals surface area contributed by atoms with Gasteiger partial charge in [0, 0.05) is 18.1 Å². The van der Waals surface area contributed by atoms with Crippen molar-refractivity contribution in [3.63, 3.8) is 0 Å². The van der Waals surface area contributed by atoms with Gasteiger partial charge >= 0.3 is 0 Å². The summed E-state index contributed by atoms with van der Waals surface area (Å²) in [5, 5.41) is 0.889. The fourth-order valence-corrected chi connectivity index (χ4v) is 5.22. The number of hydrogen-bond donors (Lipinski definition) is 0. The molecule has 7 nitrogen and oxygen atoms in total. The number of anilines is 1. The molecule has 3 aromatic rings. The molecular formula is C21H25Cl2N3O4S2. The summed E-state index contributed by atoms with van der Waals surface area (Å²) < 4.78 is 32.0. The van der Waals surface area contributed by atoms with Crippen LogP contribution in [-0.4, -0.2) is 63.8 Å². The second-order valence-electron chi connectivity index (χ2n) is 7.12. The Morgan fingerprint density at radius 3 is 2.44 bits per heavy atom. The lowest BCUT2D eigenvalue weighted by atomic mass is 10.3. The van der Waals surface area contributed by atoms with Gasteiger partial charge in [-0.25, -0.2) is 13.4 Å². The molecule has 2 aromatic carbocycles. The zero-order valence-electron chi connectivity index (χ0n) is 17.9. The summed E-state index contributed by atoms with van der Waals surface area (Å²) in [4.78, 5) is 21.1. The summed E-state index contributed by atoms with van der Waals surface area (Å²) in [6.45, 7) is 3.34. The molecule has 1 heterocycles. The van der Waals surface area contributed by atoms with E-state index in [0.717, 1.165) is 16.0 Å². The number of carbonyl (C=O) groups is 1. The fraction of sp³-hybridized carbons (Fsp3) is 0.333. The topological polar surface area (TPSA) is 79.8 Å². The molecule has 3 rings (SSSR count). The molecule has 0 aliphatic heterocycles. The van der Waals surface area contributed by atoms with Crippen molar-refractivity contribution in [2.45, 2.75) is 11.8 Å². The molecule has 0 radical (unpaired) electrons. The van der Waals surface area contributed by atoms with Crippen LogP contribution in [0.1, 0.15) is 6.92 Å². The van der Waals surface area contributed by atoms with Gasteiger partial charge in [-0.3, -0.25) is 9.69 Å². The fourth-order valence-electron chi connectivity index (χ4n) is 2.86. The Morgan fingerprint density at radius 1 is 1.12 bits per heavy atom. The normalized spacial score (nSPS) is 11.4. The Balaban J connectivity index is 0.00000363. The summed E-state index contributed by atoms with van der Waals surface area (Å²) in [6, 6.07) is 11.3. The molecule has 0 fully saturated rings. The van der Waals surface area contributed by atoms with Gasteiger partial charge in [0.15, 0.2) is 15.0 Å². The number of ether oxygens (including phenoxy) is 1. The zero-order valence-corrected chi connectivity index (χ0v) is 21.2. The molecule has 0 bridgehead atoms. The predicted octanol–water partition coefficient (Wildman–Crippen LogP) is 4.14. The van der Waals surface area contributed by atoms with E-state index in [1.165, 1.54) is 40.5 Å². The molecule has 0 saturated carbocycles. The van der Waals surface area contributed by atoms with Crippen LogP contribution < -0.4 is 9.64 Å². The SMILES string of the molecule is CCOc1ccc2nc(N(CCN(C)C)C(=O)CS(=O)(=O)c3ccc(Cl)cc3)sc2c1.Cl. The van der Waals surface area contributed by atoms with Crippen molar-refractivity contribution < 1.29 is 17.9 Å². The Kier molecular flexibility index (Phi) is 9.29. The Labute approximate surface area is 203 Å². The molecular weight excluding hydrogens is 493 g/mol. The first-order valence-corrected chi connectivity index (χ1v) is 12.5. The minimum absolute atomic E-state index is 0. The van der Waals surface area contributed by atoms with Crippen molar-refractivity contribution in [1.82, 2.24) is 9.88 Å². The van der Waals surface area contributed by atoms with Crippen LogP contribution in [0.25, 0.3) is 10.2 Å². The first-order chi connectivity index (χ1) is 14.7. The molecule has 0 atom stereocenters. The van der Waals surface area contributed by atoms with Gasteiger partial charge in [0.1, 0.15) is 11.5 Å². The van der Waals surface area contributed by atoms with Gasteiger partial charge in [-0.05, 0) is 63.5 Å². The number of halogens is 2. The van der Waals surface area contributed by atoms with Gasteiger partial charge in [0.2, 0.25) is 5.91 Å². The van der Waals surface area contributed by atoms with Gasteiger partial charge in [-0.2, -0.15) is 0 Å². The van der Waals surface area contributed by atoms with Gasteiger partial charge < -0.3 is 9.64 Å². The lowest BCUT2D eigenvalue weighted by molar-refractivity contribution is -0.116. The number of sulfone groups is 1. The third-order valence-corrected chi connectivity index (χ3v) is 7.36. The minimum atomic E-state index is -3.82. The maximum absolute atomic E-state index is 13.1. The average molecular weight is 518 g/mol. The highest BCUT2D eigenvalue weighted by molar-refractivity contribution is 7.92. The molecule has 0 N–H and O–H groups in total. The molecule has 0 unspecified atom stereocenters. The number of fused-ring (bicyclic) bond motifs is 1. The summed E-state index contributed by atoms with van der Waals surface area (Å²) in [7, 11) is -0.0412. The van der Waals surface area contributed by atoms with Gasteiger partial charge in [0.05, 0.1) is 21.7 Å². The maximum atomic E-state index is 13.1. The highest BCUT2D eigenvalue weighted by atomic mass is 35.5. The highest BCUT2D eigenvalue weighted by Gasteiger charge is 2.26. The predicted molar refractivity (Wildman–Crippen MR) is 132 cm³/mol. The van der Waals surface area contributed by atoms with Crippen LogP contribution >= 0.6 is 35.3 Å². The van der Waals surface area contributed by atoms with Crippen molar-refractivity contribution in [3.8, 4) is 5.75 Å². The molecule has 174 valence electrons. The van der Waals surface area contributed by atoms with Crippen LogP contribution in [0.4, 0.5) is 5.13 Å². The van der Waals surface area contributed by atoms with Gasteiger partial charge in [-0.15, -0.1) is 12.4 Å². The summed E-state index contributed by atoms with van der Waals surface area (Å²) in [5.41, 5.74) is 0.728. The van der Waals surface area contributed by atoms with Crippen LogP contribution in [0.5, 0.6) is 5.75 Å². The number of benzene rings is 2. The quantitative estimate of drug-likeness (QED) is 0.424. The van der Waals surface area contributed by atoms with Gasteiger partial charge in [0.25, 0.3) is 0 Å². The second-order valence-corrected chi connectivity index (χ2v) is 10.6. The molecule has 0 aliphatic carbocycles. The Hall–Kier alpha value is -1.91. The van der Waals surface area contributed by atoms with Gasteiger partial charge in [-0.1, -0.05) is 22.9 Å². The van der Waals surface area contributed by atoms with E-state index in [2.05, 4.69) is 4.98 Å².